The molecule has 1 saturated carbocycles. The smallest absolute Gasteiger partial charge is 0.0917 e. The highest BCUT2D eigenvalue weighted by Gasteiger charge is 2.24. The third-order valence-corrected chi connectivity index (χ3v) is 5.06. The summed E-state index contributed by atoms with van der Waals surface area (Å²) in [5.41, 5.74) is 0. The van der Waals surface area contributed by atoms with Crippen molar-refractivity contribution in [3.05, 3.63) is 60.7 Å². The summed E-state index contributed by atoms with van der Waals surface area (Å²) in [6, 6.07) is 21.2. The van der Waals surface area contributed by atoms with Gasteiger partial charge in [0.05, 0.1) is 14.8 Å². The van der Waals surface area contributed by atoms with Crippen LogP contribution in [0, 0.1) is 5.92 Å². The Kier molecular flexibility index (Phi) is 3.73. The average molecular weight is 256 g/mol. The first-order valence-electron chi connectivity index (χ1n) is 6.46. The molecule has 1 nitrogen and oxygen atoms in total. The number of hydrogen-bond donors (Lipinski definition) is 0. The Morgan fingerprint density at radius 1 is 0.833 bits per heavy atom. The maximum Gasteiger partial charge on any atom is 0.0917 e. The van der Waals surface area contributed by atoms with Gasteiger partial charge in [-0.1, -0.05) is 60.7 Å². The molecule has 1 aliphatic rings. The van der Waals surface area contributed by atoms with Crippen LogP contribution in [0.15, 0.2) is 60.7 Å². The number of benzene rings is 2. The minimum absolute atomic E-state index is 0.643. The van der Waals surface area contributed by atoms with Gasteiger partial charge >= 0.3 is 0 Å². The Balaban J connectivity index is 1.83. The standard InChI is InChI=1S/C16H17OP/c1-3-7-15(8-4-1)18(17-13-14-11-12-14)16-9-5-2-6-10-16/h1-10,14H,11-13H2. The van der Waals surface area contributed by atoms with Gasteiger partial charge in [-0.3, -0.25) is 0 Å². The molecule has 0 atom stereocenters. The van der Waals surface area contributed by atoms with Crippen LogP contribution in [0.25, 0.3) is 0 Å². The molecule has 0 bridgehead atoms. The molecule has 3 rings (SSSR count). The van der Waals surface area contributed by atoms with Gasteiger partial charge in [-0.25, -0.2) is 0 Å². The van der Waals surface area contributed by atoms with E-state index in [1.165, 1.54) is 23.5 Å². The van der Waals surface area contributed by atoms with Crippen LogP contribution >= 0.6 is 8.15 Å². The van der Waals surface area contributed by atoms with Crippen molar-refractivity contribution in [1.29, 1.82) is 0 Å². The van der Waals surface area contributed by atoms with Gasteiger partial charge in [0.2, 0.25) is 0 Å². The monoisotopic (exact) mass is 256 g/mol. The molecule has 0 saturated heterocycles. The quantitative estimate of drug-likeness (QED) is 0.744. The van der Waals surface area contributed by atoms with Gasteiger partial charge in [0.15, 0.2) is 0 Å². The molecular formula is C16H17OP. The summed E-state index contributed by atoms with van der Waals surface area (Å²) in [7, 11) is -0.643. The molecule has 0 N–H and O–H groups in total. The molecule has 2 aromatic rings. The fraction of sp³-hybridized carbons (Fsp3) is 0.250. The molecule has 0 aromatic heterocycles. The Morgan fingerprint density at radius 3 is 1.78 bits per heavy atom. The van der Waals surface area contributed by atoms with Crippen molar-refractivity contribution in [2.24, 2.45) is 5.92 Å². The Hall–Kier alpha value is -1.17. The Labute approximate surface area is 110 Å². The molecule has 0 unspecified atom stereocenters. The van der Waals surface area contributed by atoms with Gasteiger partial charge < -0.3 is 4.52 Å². The largest absolute Gasteiger partial charge is 0.349 e. The number of rotatable bonds is 5. The average Bonchev–Trinajstić information content (AvgIpc) is 3.26. The molecule has 1 aliphatic carbocycles. The number of hydrogen-bond acceptors (Lipinski definition) is 1. The molecule has 0 aliphatic heterocycles. The van der Waals surface area contributed by atoms with E-state index in [9.17, 15) is 0 Å². The maximum atomic E-state index is 6.20. The van der Waals surface area contributed by atoms with Crippen LogP contribution in [0.1, 0.15) is 12.8 Å². The van der Waals surface area contributed by atoms with Gasteiger partial charge in [0.25, 0.3) is 0 Å². The van der Waals surface area contributed by atoms with Gasteiger partial charge in [0, 0.05) is 10.6 Å². The lowest BCUT2D eigenvalue weighted by molar-refractivity contribution is 0.340. The second-order valence-corrected chi connectivity index (χ2v) is 6.58. The zero-order valence-corrected chi connectivity index (χ0v) is 11.2. The normalized spacial score (nSPS) is 14.9. The third-order valence-electron chi connectivity index (χ3n) is 3.12. The highest BCUT2D eigenvalue weighted by atomic mass is 31.1. The van der Waals surface area contributed by atoms with Gasteiger partial charge in [-0.05, 0) is 18.8 Å². The minimum atomic E-state index is -0.643. The fourth-order valence-electron chi connectivity index (χ4n) is 1.89. The van der Waals surface area contributed by atoms with Crippen LogP contribution in [0.4, 0.5) is 0 Å². The molecule has 0 amide bonds. The highest BCUT2D eigenvalue weighted by molar-refractivity contribution is 7.68. The lowest BCUT2D eigenvalue weighted by atomic mass is 10.4. The zero-order chi connectivity index (χ0) is 12.2. The summed E-state index contributed by atoms with van der Waals surface area (Å²) in [6.45, 7) is 0.912. The van der Waals surface area contributed by atoms with Crippen molar-refractivity contribution in [3.8, 4) is 0 Å². The van der Waals surface area contributed by atoms with Crippen LogP contribution in [0.3, 0.4) is 0 Å². The molecule has 0 radical (unpaired) electrons. The summed E-state index contributed by atoms with van der Waals surface area (Å²) in [6.07, 6.45) is 2.68. The van der Waals surface area contributed by atoms with E-state index in [4.69, 9.17) is 4.52 Å². The predicted octanol–water partition coefficient (Wildman–Crippen LogP) is 3.46. The van der Waals surface area contributed by atoms with E-state index in [1.807, 2.05) is 0 Å². The third kappa shape index (κ3) is 2.98. The summed E-state index contributed by atoms with van der Waals surface area (Å²) >= 11 is 0. The highest BCUT2D eigenvalue weighted by Crippen LogP contribution is 2.39. The summed E-state index contributed by atoms with van der Waals surface area (Å²) in [5.74, 6) is 0.808. The first-order chi connectivity index (χ1) is 8.93. The van der Waals surface area contributed by atoms with Crippen molar-refractivity contribution < 1.29 is 4.52 Å². The van der Waals surface area contributed by atoms with Crippen LogP contribution < -0.4 is 10.6 Å². The molecule has 2 aromatic carbocycles. The van der Waals surface area contributed by atoms with E-state index >= 15 is 0 Å². The first kappa shape index (κ1) is 11.9. The van der Waals surface area contributed by atoms with Crippen LogP contribution in [0.5, 0.6) is 0 Å². The lowest BCUT2D eigenvalue weighted by Crippen LogP contribution is -2.14. The zero-order valence-electron chi connectivity index (χ0n) is 10.3. The van der Waals surface area contributed by atoms with E-state index in [2.05, 4.69) is 60.7 Å². The molecular weight excluding hydrogens is 239 g/mol. The molecule has 92 valence electrons. The van der Waals surface area contributed by atoms with Gasteiger partial charge in [-0.15, -0.1) is 0 Å². The first-order valence-corrected chi connectivity index (χ1v) is 7.72. The Bertz CT molecular complexity index is 439. The van der Waals surface area contributed by atoms with Crippen molar-refractivity contribution in [3.63, 3.8) is 0 Å². The predicted molar refractivity (Wildman–Crippen MR) is 77.7 cm³/mol. The van der Waals surface area contributed by atoms with Crippen molar-refractivity contribution >= 4 is 18.8 Å². The maximum absolute atomic E-state index is 6.20. The van der Waals surface area contributed by atoms with E-state index in [0.29, 0.717) is 0 Å². The van der Waals surface area contributed by atoms with Crippen LogP contribution in [0.2, 0.25) is 0 Å². The van der Waals surface area contributed by atoms with Crippen LogP contribution in [-0.4, -0.2) is 6.61 Å². The Morgan fingerprint density at radius 2 is 1.33 bits per heavy atom. The van der Waals surface area contributed by atoms with E-state index < -0.39 is 8.15 Å². The van der Waals surface area contributed by atoms with Gasteiger partial charge in [-0.2, -0.15) is 0 Å². The SMILES string of the molecule is c1ccc(P(OCC2CC2)c2ccccc2)cc1. The van der Waals surface area contributed by atoms with Gasteiger partial charge in [0.1, 0.15) is 0 Å². The second kappa shape index (κ2) is 5.65. The van der Waals surface area contributed by atoms with Crippen molar-refractivity contribution in [2.75, 3.05) is 6.61 Å². The molecule has 0 spiro atoms. The summed E-state index contributed by atoms with van der Waals surface area (Å²) < 4.78 is 6.20. The molecule has 2 heteroatoms. The van der Waals surface area contributed by atoms with E-state index in [-0.39, 0.29) is 0 Å². The van der Waals surface area contributed by atoms with Crippen molar-refractivity contribution in [2.45, 2.75) is 12.8 Å². The molecule has 18 heavy (non-hydrogen) atoms. The topological polar surface area (TPSA) is 9.23 Å². The van der Waals surface area contributed by atoms with Crippen molar-refractivity contribution in [1.82, 2.24) is 0 Å². The van der Waals surface area contributed by atoms with E-state index in [1.54, 1.807) is 0 Å². The molecule has 1 fully saturated rings. The second-order valence-electron chi connectivity index (χ2n) is 4.70. The fourth-order valence-corrected chi connectivity index (χ4v) is 3.73. The van der Waals surface area contributed by atoms with E-state index in [0.717, 1.165) is 12.5 Å². The summed E-state index contributed by atoms with van der Waals surface area (Å²) in [4.78, 5) is 0. The van der Waals surface area contributed by atoms with Crippen LogP contribution in [-0.2, 0) is 4.52 Å². The summed E-state index contributed by atoms with van der Waals surface area (Å²) in [5, 5.41) is 2.61. The lowest BCUT2D eigenvalue weighted by Gasteiger charge is -2.18. The molecule has 0 heterocycles. The minimum Gasteiger partial charge on any atom is -0.349 e.